The summed E-state index contributed by atoms with van der Waals surface area (Å²) in [5.74, 6) is 0.240. The van der Waals surface area contributed by atoms with Crippen LogP contribution in [0.2, 0.25) is 0 Å². The molecular formula is C19H29N3O2. The molecule has 0 aromatic heterocycles. The van der Waals surface area contributed by atoms with Gasteiger partial charge in [-0.3, -0.25) is 9.59 Å². The minimum absolute atomic E-state index is 0.0427. The summed E-state index contributed by atoms with van der Waals surface area (Å²) in [7, 11) is 0. The van der Waals surface area contributed by atoms with E-state index in [1.807, 2.05) is 0 Å². The Morgan fingerprint density at radius 3 is 2.25 bits per heavy atom. The lowest BCUT2D eigenvalue weighted by atomic mass is 9.95. The van der Waals surface area contributed by atoms with Gasteiger partial charge in [-0.25, -0.2) is 0 Å². The Kier molecular flexibility index (Phi) is 5.99. The third-order valence-corrected chi connectivity index (χ3v) is 4.29. The van der Waals surface area contributed by atoms with E-state index < -0.39 is 0 Å². The van der Waals surface area contributed by atoms with E-state index in [9.17, 15) is 9.59 Å². The predicted octanol–water partition coefficient (Wildman–Crippen LogP) is 2.19. The van der Waals surface area contributed by atoms with E-state index in [-0.39, 0.29) is 23.3 Å². The van der Waals surface area contributed by atoms with Crippen LogP contribution in [0.5, 0.6) is 0 Å². The van der Waals surface area contributed by atoms with Gasteiger partial charge in [0.2, 0.25) is 0 Å². The third-order valence-electron chi connectivity index (χ3n) is 4.29. The minimum atomic E-state index is -0.108. The summed E-state index contributed by atoms with van der Waals surface area (Å²) < 4.78 is 0. The summed E-state index contributed by atoms with van der Waals surface area (Å²) in [6.45, 7) is 10.8. The number of rotatable bonds is 4. The summed E-state index contributed by atoms with van der Waals surface area (Å²) in [4.78, 5) is 24.5. The normalized spacial score (nSPS) is 21.2. The lowest BCUT2D eigenvalue weighted by Crippen LogP contribution is -2.48. The van der Waals surface area contributed by atoms with Crippen LogP contribution in [0.25, 0.3) is 0 Å². The van der Waals surface area contributed by atoms with E-state index in [1.54, 1.807) is 24.3 Å². The number of nitrogens with one attached hydrogen (secondary N) is 3. The van der Waals surface area contributed by atoms with Gasteiger partial charge in [-0.05, 0) is 55.1 Å². The Morgan fingerprint density at radius 2 is 1.71 bits per heavy atom. The molecule has 3 N–H and O–H groups in total. The Balaban J connectivity index is 1.93. The van der Waals surface area contributed by atoms with E-state index in [0.29, 0.717) is 23.6 Å². The first-order valence-corrected chi connectivity index (χ1v) is 8.66. The number of amides is 2. The number of hydrogen-bond acceptors (Lipinski definition) is 3. The fourth-order valence-corrected chi connectivity index (χ4v) is 2.70. The third kappa shape index (κ3) is 5.34. The lowest BCUT2D eigenvalue weighted by molar-refractivity contribution is 0.0909. The number of carbonyl (C=O) groups excluding carboxylic acids is 2. The molecule has 1 heterocycles. The largest absolute Gasteiger partial charge is 0.352 e. The zero-order valence-corrected chi connectivity index (χ0v) is 15.1. The van der Waals surface area contributed by atoms with Crippen molar-refractivity contribution < 1.29 is 9.59 Å². The molecule has 2 atom stereocenters. The average molecular weight is 331 g/mol. The van der Waals surface area contributed by atoms with Crippen LogP contribution in [-0.2, 0) is 0 Å². The molecular weight excluding hydrogens is 302 g/mol. The molecule has 2 amide bonds. The van der Waals surface area contributed by atoms with Gasteiger partial charge in [0.15, 0.2) is 0 Å². The Hall–Kier alpha value is -1.88. The molecule has 0 radical (unpaired) electrons. The Labute approximate surface area is 144 Å². The Bertz CT molecular complexity index is 575. The molecule has 5 heteroatoms. The van der Waals surface area contributed by atoms with Gasteiger partial charge in [0.25, 0.3) is 11.8 Å². The van der Waals surface area contributed by atoms with E-state index >= 15 is 0 Å². The smallest absolute Gasteiger partial charge is 0.251 e. The summed E-state index contributed by atoms with van der Waals surface area (Å²) in [6, 6.07) is 7.05. The lowest BCUT2D eigenvalue weighted by Gasteiger charge is -2.30. The summed E-state index contributed by atoms with van der Waals surface area (Å²) in [5, 5.41) is 9.34. The van der Waals surface area contributed by atoms with Crippen LogP contribution in [0.4, 0.5) is 0 Å². The van der Waals surface area contributed by atoms with Gasteiger partial charge in [-0.1, -0.05) is 27.7 Å². The summed E-state index contributed by atoms with van der Waals surface area (Å²) in [6.07, 6.45) is 0.945. The van der Waals surface area contributed by atoms with Crippen molar-refractivity contribution in [2.24, 2.45) is 11.3 Å². The molecule has 132 valence electrons. The van der Waals surface area contributed by atoms with E-state index in [0.717, 1.165) is 19.5 Å². The molecule has 1 aromatic carbocycles. The molecule has 1 aromatic rings. The predicted molar refractivity (Wildman–Crippen MR) is 96.1 cm³/mol. The van der Waals surface area contributed by atoms with Gasteiger partial charge in [0.05, 0.1) is 0 Å². The van der Waals surface area contributed by atoms with Gasteiger partial charge in [-0.2, -0.15) is 0 Å². The molecule has 1 aliphatic heterocycles. The highest BCUT2D eigenvalue weighted by Crippen LogP contribution is 2.13. The highest BCUT2D eigenvalue weighted by atomic mass is 16.2. The van der Waals surface area contributed by atoms with E-state index in [1.165, 1.54) is 0 Å². The summed E-state index contributed by atoms with van der Waals surface area (Å²) >= 11 is 0. The van der Waals surface area contributed by atoms with E-state index in [2.05, 4.69) is 43.6 Å². The fourth-order valence-electron chi connectivity index (χ4n) is 2.70. The zero-order valence-electron chi connectivity index (χ0n) is 15.1. The molecule has 2 unspecified atom stereocenters. The second kappa shape index (κ2) is 7.79. The molecule has 0 saturated carbocycles. The van der Waals surface area contributed by atoms with Crippen LogP contribution in [0.1, 0.15) is 54.8 Å². The van der Waals surface area contributed by atoms with Crippen molar-refractivity contribution in [1.82, 2.24) is 16.0 Å². The monoisotopic (exact) mass is 331 g/mol. The maximum absolute atomic E-state index is 12.4. The zero-order chi connectivity index (χ0) is 17.7. The standard InChI is InChI=1S/C19H29N3O2/c1-13-11-20-10-9-16(13)22-18(24)15-7-5-14(6-8-15)17(23)21-12-19(2,3)4/h5-8,13,16,20H,9-12H2,1-4H3,(H,21,23)(H,22,24). The second-order valence-corrected chi connectivity index (χ2v) is 7.87. The van der Waals surface area contributed by atoms with Gasteiger partial charge >= 0.3 is 0 Å². The van der Waals surface area contributed by atoms with Crippen molar-refractivity contribution in [3.63, 3.8) is 0 Å². The highest BCUT2D eigenvalue weighted by Gasteiger charge is 2.23. The molecule has 24 heavy (non-hydrogen) atoms. The van der Waals surface area contributed by atoms with Gasteiger partial charge in [0, 0.05) is 23.7 Å². The highest BCUT2D eigenvalue weighted by molar-refractivity contribution is 5.97. The van der Waals surface area contributed by atoms with Crippen molar-refractivity contribution in [3.05, 3.63) is 35.4 Å². The second-order valence-electron chi connectivity index (χ2n) is 7.87. The van der Waals surface area contributed by atoms with Crippen molar-refractivity contribution in [2.75, 3.05) is 19.6 Å². The van der Waals surface area contributed by atoms with Crippen LogP contribution >= 0.6 is 0 Å². The molecule has 5 nitrogen and oxygen atoms in total. The van der Waals surface area contributed by atoms with Crippen LogP contribution in [0, 0.1) is 11.3 Å². The molecule has 1 fully saturated rings. The van der Waals surface area contributed by atoms with Gasteiger partial charge in [-0.15, -0.1) is 0 Å². The molecule has 1 aliphatic rings. The van der Waals surface area contributed by atoms with Gasteiger partial charge < -0.3 is 16.0 Å². The number of benzene rings is 1. The first-order valence-electron chi connectivity index (χ1n) is 8.66. The van der Waals surface area contributed by atoms with E-state index in [4.69, 9.17) is 0 Å². The average Bonchev–Trinajstić information content (AvgIpc) is 2.54. The SMILES string of the molecule is CC1CNCCC1NC(=O)c1ccc(C(=O)NCC(C)(C)C)cc1. The van der Waals surface area contributed by atoms with Gasteiger partial charge in [0.1, 0.15) is 0 Å². The van der Waals surface area contributed by atoms with Crippen LogP contribution in [0.15, 0.2) is 24.3 Å². The molecule has 0 aliphatic carbocycles. The van der Waals surface area contributed by atoms with Crippen molar-refractivity contribution in [2.45, 2.75) is 40.2 Å². The van der Waals surface area contributed by atoms with Crippen LogP contribution in [0.3, 0.4) is 0 Å². The van der Waals surface area contributed by atoms with Crippen LogP contribution < -0.4 is 16.0 Å². The first kappa shape index (κ1) is 18.5. The van der Waals surface area contributed by atoms with Crippen LogP contribution in [-0.4, -0.2) is 37.5 Å². The van der Waals surface area contributed by atoms with Crippen molar-refractivity contribution in [1.29, 1.82) is 0 Å². The molecule has 2 rings (SSSR count). The molecule has 0 bridgehead atoms. The molecule has 0 spiro atoms. The number of hydrogen-bond donors (Lipinski definition) is 3. The number of carbonyl (C=O) groups is 2. The topological polar surface area (TPSA) is 70.2 Å². The quantitative estimate of drug-likeness (QED) is 0.792. The molecule has 1 saturated heterocycles. The fraction of sp³-hybridized carbons (Fsp3) is 0.579. The number of piperidine rings is 1. The minimum Gasteiger partial charge on any atom is -0.352 e. The first-order chi connectivity index (χ1) is 11.3. The van der Waals surface area contributed by atoms with Crippen molar-refractivity contribution >= 4 is 11.8 Å². The maximum Gasteiger partial charge on any atom is 0.251 e. The maximum atomic E-state index is 12.4. The Morgan fingerprint density at radius 1 is 1.12 bits per heavy atom. The van der Waals surface area contributed by atoms with Crippen molar-refractivity contribution in [3.8, 4) is 0 Å². The summed E-state index contributed by atoms with van der Waals surface area (Å²) in [5.41, 5.74) is 1.21.